The van der Waals surface area contributed by atoms with E-state index in [0.29, 0.717) is 22.9 Å². The molecule has 3 aromatic rings. The lowest BCUT2D eigenvalue weighted by molar-refractivity contribution is -0.173. The van der Waals surface area contributed by atoms with Crippen LogP contribution in [-0.2, 0) is 14.3 Å². The van der Waals surface area contributed by atoms with Gasteiger partial charge in [0.15, 0.2) is 5.82 Å². The van der Waals surface area contributed by atoms with Crippen molar-refractivity contribution in [1.82, 2.24) is 20.1 Å². The molecule has 1 aliphatic rings. The number of rotatable bonds is 4. The topological polar surface area (TPSA) is 98.5 Å². The maximum Gasteiger partial charge on any atom is 0.471 e. The quantitative estimate of drug-likeness (QED) is 0.355. The summed E-state index contributed by atoms with van der Waals surface area (Å²) in [5.74, 6) is 4.05. The maximum atomic E-state index is 12.8. The van der Waals surface area contributed by atoms with Crippen LogP contribution in [0.2, 0.25) is 0 Å². The number of nitrogens with zero attached hydrogens (tertiary/aromatic N) is 4. The fourth-order valence-electron chi connectivity index (χ4n) is 4.15. The third-order valence-electron chi connectivity index (χ3n) is 6.01. The summed E-state index contributed by atoms with van der Waals surface area (Å²) < 4.78 is 44.5. The van der Waals surface area contributed by atoms with Gasteiger partial charge in [-0.15, -0.1) is 21.5 Å². The molecule has 0 spiro atoms. The molecule has 0 unspecified atom stereocenters. The van der Waals surface area contributed by atoms with E-state index in [0.717, 1.165) is 26.6 Å². The third-order valence-corrected chi connectivity index (χ3v) is 7.20. The van der Waals surface area contributed by atoms with Crippen LogP contribution in [0, 0.1) is 32.6 Å². The first kappa shape index (κ1) is 29.0. The minimum atomic E-state index is -4.95. The average molecular weight is 572 g/mol. The second-order valence-electron chi connectivity index (χ2n) is 10.2. The van der Waals surface area contributed by atoms with Crippen molar-refractivity contribution in [1.29, 1.82) is 0 Å². The Bertz CT molecular complexity index is 1550. The van der Waals surface area contributed by atoms with Crippen molar-refractivity contribution >= 4 is 28.9 Å². The number of amides is 1. The molecule has 0 radical (unpaired) electrons. The molecule has 0 fully saturated rings. The summed E-state index contributed by atoms with van der Waals surface area (Å²) >= 11 is 1.59. The molecule has 2 aromatic heterocycles. The van der Waals surface area contributed by atoms with Gasteiger partial charge in [-0.25, -0.2) is 0 Å². The molecular weight excluding hydrogens is 543 g/mol. The molecule has 0 aliphatic carbocycles. The lowest BCUT2D eigenvalue weighted by atomic mass is 9.98. The Morgan fingerprint density at radius 1 is 1.10 bits per heavy atom. The highest BCUT2D eigenvalue weighted by Crippen LogP contribution is 2.39. The fourth-order valence-corrected chi connectivity index (χ4v) is 5.36. The predicted octanol–water partition coefficient (Wildman–Crippen LogP) is 4.91. The molecule has 1 N–H and O–H groups in total. The highest BCUT2D eigenvalue weighted by Gasteiger charge is 2.38. The molecule has 4 rings (SSSR count). The predicted molar refractivity (Wildman–Crippen MR) is 145 cm³/mol. The van der Waals surface area contributed by atoms with Gasteiger partial charge < -0.3 is 10.1 Å². The van der Waals surface area contributed by atoms with Crippen LogP contribution < -0.4 is 5.32 Å². The van der Waals surface area contributed by atoms with Gasteiger partial charge in [-0.2, -0.15) is 13.2 Å². The number of alkyl halides is 3. The number of ether oxygens (including phenoxy) is 1. The zero-order chi connectivity index (χ0) is 29.4. The molecule has 0 saturated carbocycles. The van der Waals surface area contributed by atoms with E-state index in [9.17, 15) is 22.8 Å². The first-order valence-corrected chi connectivity index (χ1v) is 13.2. The van der Waals surface area contributed by atoms with E-state index < -0.39 is 36.2 Å². The molecule has 1 aliphatic heterocycles. The summed E-state index contributed by atoms with van der Waals surface area (Å²) in [5.41, 5.74) is 3.29. The number of aromatic nitrogens is 3. The Morgan fingerprint density at radius 3 is 2.40 bits per heavy atom. The van der Waals surface area contributed by atoms with Crippen molar-refractivity contribution in [2.45, 2.75) is 65.8 Å². The normalized spacial score (nSPS) is 14.7. The average Bonchev–Trinajstić information content (AvgIpc) is 3.32. The monoisotopic (exact) mass is 571 g/mol. The number of hydrogen-bond acceptors (Lipinski definition) is 7. The number of esters is 1. The van der Waals surface area contributed by atoms with Gasteiger partial charge in [-0.1, -0.05) is 24.0 Å². The van der Waals surface area contributed by atoms with Crippen molar-refractivity contribution in [2.24, 2.45) is 4.99 Å². The number of fused-ring (bicyclic) bond motifs is 3. The molecule has 1 aromatic carbocycles. The van der Waals surface area contributed by atoms with Crippen LogP contribution >= 0.6 is 11.3 Å². The second kappa shape index (κ2) is 10.9. The molecule has 1 amide bonds. The number of carbonyl (C=O) groups is 2. The van der Waals surface area contributed by atoms with Gasteiger partial charge in [0.05, 0.1) is 18.7 Å². The summed E-state index contributed by atoms with van der Waals surface area (Å²) in [5, 5.41) is 11.3. The van der Waals surface area contributed by atoms with Crippen LogP contribution in [0.3, 0.4) is 0 Å². The molecule has 210 valence electrons. The Morgan fingerprint density at radius 2 is 1.77 bits per heavy atom. The van der Waals surface area contributed by atoms with Gasteiger partial charge in [0, 0.05) is 21.6 Å². The molecule has 12 heteroatoms. The highest BCUT2D eigenvalue weighted by atomic mass is 32.1. The van der Waals surface area contributed by atoms with E-state index in [1.807, 2.05) is 37.5 Å². The third kappa shape index (κ3) is 6.25. The van der Waals surface area contributed by atoms with E-state index in [1.54, 1.807) is 49.6 Å². The first-order chi connectivity index (χ1) is 18.7. The maximum absolute atomic E-state index is 12.8. The summed E-state index contributed by atoms with van der Waals surface area (Å²) in [6.45, 7) is 10.9. The highest BCUT2D eigenvalue weighted by molar-refractivity contribution is 7.15. The van der Waals surface area contributed by atoms with Crippen LogP contribution in [-0.4, -0.2) is 50.7 Å². The van der Waals surface area contributed by atoms with Crippen molar-refractivity contribution in [3.8, 4) is 16.8 Å². The largest absolute Gasteiger partial charge is 0.471 e. The van der Waals surface area contributed by atoms with Crippen molar-refractivity contribution < 1.29 is 27.5 Å². The van der Waals surface area contributed by atoms with E-state index >= 15 is 0 Å². The zero-order valence-corrected chi connectivity index (χ0v) is 23.7. The fraction of sp³-hybridized carbons (Fsp3) is 0.393. The lowest BCUT2D eigenvalue weighted by Crippen LogP contribution is -2.36. The van der Waals surface area contributed by atoms with Crippen LogP contribution in [0.4, 0.5) is 13.2 Å². The van der Waals surface area contributed by atoms with Gasteiger partial charge in [-0.3, -0.25) is 19.1 Å². The molecular formula is C28H28F3N5O3S. The van der Waals surface area contributed by atoms with E-state index in [2.05, 4.69) is 22.0 Å². The van der Waals surface area contributed by atoms with E-state index in [-0.39, 0.29) is 6.42 Å². The smallest absolute Gasteiger partial charge is 0.460 e. The minimum absolute atomic E-state index is 0.0287. The number of aryl methyl sites for hydroxylation is 2. The zero-order valence-electron chi connectivity index (χ0n) is 22.9. The number of carbonyl (C=O) groups excluding carboxylic acids is 2. The Kier molecular flexibility index (Phi) is 7.90. The Labute approximate surface area is 233 Å². The molecule has 1 atom stereocenters. The van der Waals surface area contributed by atoms with Gasteiger partial charge >= 0.3 is 18.1 Å². The number of thiophene rings is 1. The standard InChI is InChI=1S/C28H28F3N5O3S/c1-15-16(2)40-25-22(15)23(19-11-9-18(10-12-19)8-7-13-32-26(38)28(29,30)31)33-20(14-21(37)39-27(4,5)6)24-35-34-17(3)36(24)25/h9-12,20H,13-14H2,1-6H3,(H,32,38)/t20-/m0/s1. The Balaban J connectivity index is 1.71. The number of nitrogens with one attached hydrogen (secondary N) is 1. The second-order valence-corrected chi connectivity index (χ2v) is 11.5. The van der Waals surface area contributed by atoms with Gasteiger partial charge in [0.2, 0.25) is 0 Å². The van der Waals surface area contributed by atoms with Crippen LogP contribution in [0.1, 0.15) is 72.0 Å². The number of halogens is 3. The van der Waals surface area contributed by atoms with Crippen molar-refractivity contribution in [3.05, 3.63) is 63.0 Å². The van der Waals surface area contributed by atoms with E-state index in [4.69, 9.17) is 9.73 Å². The molecule has 0 bridgehead atoms. The van der Waals surface area contributed by atoms with Gasteiger partial charge in [-0.05, 0) is 59.2 Å². The molecule has 40 heavy (non-hydrogen) atoms. The number of hydrogen-bond donors (Lipinski definition) is 1. The number of benzene rings is 1. The van der Waals surface area contributed by atoms with Crippen molar-refractivity contribution in [3.63, 3.8) is 0 Å². The Hall–Kier alpha value is -3.98. The summed E-state index contributed by atoms with van der Waals surface area (Å²) in [7, 11) is 0. The SMILES string of the molecule is Cc1sc2c(c1C)C(c1ccc(C#CCNC(=O)C(F)(F)F)cc1)=N[C@@H](CC(=O)OC(C)(C)C)c1nnc(C)n1-2. The lowest BCUT2D eigenvalue weighted by Gasteiger charge is -2.21. The first-order valence-electron chi connectivity index (χ1n) is 12.4. The van der Waals surface area contributed by atoms with Gasteiger partial charge in [0.1, 0.15) is 22.5 Å². The summed E-state index contributed by atoms with van der Waals surface area (Å²) in [6, 6.07) is 6.43. The molecule has 8 nitrogen and oxygen atoms in total. The van der Waals surface area contributed by atoms with Gasteiger partial charge in [0.25, 0.3) is 0 Å². The number of aliphatic imine (C=N–C) groups is 1. The van der Waals surface area contributed by atoms with Crippen LogP contribution in [0.5, 0.6) is 0 Å². The molecule has 3 heterocycles. The van der Waals surface area contributed by atoms with E-state index in [1.165, 1.54) is 0 Å². The van der Waals surface area contributed by atoms with Crippen LogP contribution in [0.15, 0.2) is 29.3 Å². The van der Waals surface area contributed by atoms with Crippen molar-refractivity contribution in [2.75, 3.05) is 6.54 Å². The summed E-state index contributed by atoms with van der Waals surface area (Å²) in [4.78, 5) is 29.9. The minimum Gasteiger partial charge on any atom is -0.460 e. The molecule has 0 saturated heterocycles. The van der Waals surface area contributed by atoms with Crippen LogP contribution in [0.25, 0.3) is 5.00 Å². The summed E-state index contributed by atoms with van der Waals surface area (Å²) in [6.07, 6.45) is -4.98.